The fourth-order valence-electron chi connectivity index (χ4n) is 6.06. The van der Waals surface area contributed by atoms with Gasteiger partial charge in [-0.15, -0.1) is 0 Å². The highest BCUT2D eigenvalue weighted by Gasteiger charge is 2.41. The molecule has 4 rings (SSSR count). The summed E-state index contributed by atoms with van der Waals surface area (Å²) in [5.74, 6) is 2.54. The Morgan fingerprint density at radius 2 is 1.12 bits per heavy atom. The number of hydrogen-bond acceptors (Lipinski definition) is 4. The zero-order valence-electron chi connectivity index (χ0n) is 15.8. The molecule has 6 unspecified atom stereocenters. The number of nitrogens with zero attached hydrogens (tertiary/aromatic N) is 2. The van der Waals surface area contributed by atoms with Crippen LogP contribution in [0, 0.1) is 35.5 Å². The molecule has 4 aliphatic carbocycles. The Morgan fingerprint density at radius 1 is 0.692 bits per heavy atom. The van der Waals surface area contributed by atoms with E-state index in [4.69, 9.17) is 0 Å². The summed E-state index contributed by atoms with van der Waals surface area (Å²) in [5, 5.41) is 8.38. The second-order valence-corrected chi connectivity index (χ2v) is 8.95. The average molecular weight is 358 g/mol. The second kappa shape index (κ2) is 7.12. The van der Waals surface area contributed by atoms with E-state index in [0.29, 0.717) is 23.7 Å². The normalized spacial score (nSPS) is 38.7. The SMILES string of the molecule is C/C(=N\NC(=O)C(=O)N/N=C(\C)C1CC2CCC1C2)C1CC2CCC1C2. The van der Waals surface area contributed by atoms with Crippen molar-refractivity contribution in [3.8, 4) is 0 Å². The van der Waals surface area contributed by atoms with Gasteiger partial charge in [0.2, 0.25) is 0 Å². The molecule has 6 nitrogen and oxygen atoms in total. The molecule has 26 heavy (non-hydrogen) atoms. The molecule has 0 spiro atoms. The number of carbonyl (C=O) groups is 2. The molecule has 4 fully saturated rings. The predicted molar refractivity (Wildman–Crippen MR) is 100 cm³/mol. The third-order valence-corrected chi connectivity index (χ3v) is 7.42. The van der Waals surface area contributed by atoms with Gasteiger partial charge in [-0.3, -0.25) is 9.59 Å². The lowest BCUT2D eigenvalue weighted by Crippen LogP contribution is -2.37. The van der Waals surface area contributed by atoms with E-state index >= 15 is 0 Å². The Kier molecular flexibility index (Phi) is 4.84. The number of hydrazone groups is 2. The number of nitrogens with one attached hydrogen (secondary N) is 2. The topological polar surface area (TPSA) is 82.9 Å². The van der Waals surface area contributed by atoms with Crippen molar-refractivity contribution in [2.24, 2.45) is 45.7 Å². The van der Waals surface area contributed by atoms with Crippen molar-refractivity contribution in [3.63, 3.8) is 0 Å². The van der Waals surface area contributed by atoms with Gasteiger partial charge in [0.25, 0.3) is 0 Å². The van der Waals surface area contributed by atoms with Crippen LogP contribution in [0.3, 0.4) is 0 Å². The van der Waals surface area contributed by atoms with Crippen molar-refractivity contribution in [3.05, 3.63) is 0 Å². The molecule has 0 aliphatic heterocycles. The lowest BCUT2D eigenvalue weighted by molar-refractivity contribution is -0.139. The van der Waals surface area contributed by atoms with Crippen LogP contribution < -0.4 is 10.9 Å². The fourth-order valence-corrected chi connectivity index (χ4v) is 6.06. The van der Waals surface area contributed by atoms with E-state index in [1.807, 2.05) is 13.8 Å². The minimum atomic E-state index is -0.739. The summed E-state index contributed by atoms with van der Waals surface area (Å²) in [7, 11) is 0. The Bertz CT molecular complexity index is 600. The van der Waals surface area contributed by atoms with Gasteiger partial charge in [-0.1, -0.05) is 12.8 Å². The van der Waals surface area contributed by atoms with Crippen LogP contribution in [0.4, 0.5) is 0 Å². The third-order valence-electron chi connectivity index (χ3n) is 7.42. The molecule has 0 heterocycles. The van der Waals surface area contributed by atoms with Crippen LogP contribution in [0.2, 0.25) is 0 Å². The maximum Gasteiger partial charge on any atom is 0.331 e. The fraction of sp³-hybridized carbons (Fsp3) is 0.800. The molecular formula is C20H30N4O2. The Morgan fingerprint density at radius 3 is 1.42 bits per heavy atom. The van der Waals surface area contributed by atoms with Crippen molar-refractivity contribution in [2.75, 3.05) is 0 Å². The summed E-state index contributed by atoms with van der Waals surface area (Å²) in [5.41, 5.74) is 6.70. The minimum Gasteiger partial charge on any atom is -0.262 e. The molecule has 0 aromatic heterocycles. The molecule has 0 radical (unpaired) electrons. The van der Waals surface area contributed by atoms with Crippen molar-refractivity contribution in [2.45, 2.75) is 65.2 Å². The van der Waals surface area contributed by atoms with Crippen molar-refractivity contribution >= 4 is 23.2 Å². The number of amides is 2. The van der Waals surface area contributed by atoms with Gasteiger partial charge >= 0.3 is 11.8 Å². The number of fused-ring (bicyclic) bond motifs is 4. The zero-order valence-corrected chi connectivity index (χ0v) is 15.8. The first kappa shape index (κ1) is 17.7. The van der Waals surface area contributed by atoms with Crippen molar-refractivity contribution in [1.82, 2.24) is 10.9 Å². The average Bonchev–Trinajstić information content (AvgIpc) is 3.43. The van der Waals surface area contributed by atoms with Crippen LogP contribution >= 0.6 is 0 Å². The van der Waals surface area contributed by atoms with E-state index in [0.717, 1.165) is 23.3 Å². The highest BCUT2D eigenvalue weighted by atomic mass is 16.2. The summed E-state index contributed by atoms with van der Waals surface area (Å²) >= 11 is 0. The number of rotatable bonds is 4. The molecule has 2 N–H and O–H groups in total. The Balaban J connectivity index is 1.26. The highest BCUT2D eigenvalue weighted by Crippen LogP contribution is 2.49. The van der Waals surface area contributed by atoms with Gasteiger partial charge in [0, 0.05) is 23.3 Å². The summed E-state index contributed by atoms with van der Waals surface area (Å²) < 4.78 is 0. The van der Waals surface area contributed by atoms with E-state index in [-0.39, 0.29) is 0 Å². The van der Waals surface area contributed by atoms with Crippen LogP contribution in [0.1, 0.15) is 65.2 Å². The van der Waals surface area contributed by atoms with Crippen LogP contribution in [-0.4, -0.2) is 23.2 Å². The molecule has 6 atom stereocenters. The first-order chi connectivity index (χ1) is 12.5. The van der Waals surface area contributed by atoms with Gasteiger partial charge in [-0.25, -0.2) is 10.9 Å². The van der Waals surface area contributed by atoms with Crippen molar-refractivity contribution < 1.29 is 9.59 Å². The zero-order chi connectivity index (χ0) is 18.3. The molecule has 0 saturated heterocycles. The molecule has 2 amide bonds. The summed E-state index contributed by atoms with van der Waals surface area (Å²) in [4.78, 5) is 24.0. The van der Waals surface area contributed by atoms with E-state index in [2.05, 4.69) is 21.1 Å². The molecule has 0 aromatic carbocycles. The molecular weight excluding hydrogens is 328 g/mol. The summed E-state index contributed by atoms with van der Waals surface area (Å²) in [6.07, 6.45) is 10.2. The maximum absolute atomic E-state index is 12.0. The molecule has 6 heteroatoms. The lowest BCUT2D eigenvalue weighted by Gasteiger charge is -2.21. The van der Waals surface area contributed by atoms with E-state index < -0.39 is 11.8 Å². The second-order valence-electron chi connectivity index (χ2n) is 8.95. The monoisotopic (exact) mass is 358 g/mol. The largest absolute Gasteiger partial charge is 0.331 e. The van der Waals surface area contributed by atoms with Gasteiger partial charge in [0.05, 0.1) is 0 Å². The number of carbonyl (C=O) groups excluding carboxylic acids is 2. The molecule has 4 bridgehead atoms. The first-order valence-electron chi connectivity index (χ1n) is 10.2. The van der Waals surface area contributed by atoms with Gasteiger partial charge < -0.3 is 0 Å². The molecule has 0 aromatic rings. The highest BCUT2D eigenvalue weighted by molar-refractivity contribution is 6.35. The lowest BCUT2D eigenvalue weighted by atomic mass is 9.86. The Labute approximate surface area is 155 Å². The number of hydrogen-bond donors (Lipinski definition) is 2. The van der Waals surface area contributed by atoms with Gasteiger partial charge in [0.15, 0.2) is 0 Å². The molecule has 4 aliphatic rings. The van der Waals surface area contributed by atoms with Crippen LogP contribution in [0.25, 0.3) is 0 Å². The van der Waals surface area contributed by atoms with E-state index in [9.17, 15) is 9.59 Å². The summed E-state index contributed by atoms with van der Waals surface area (Å²) in [6.45, 7) is 3.92. The predicted octanol–water partition coefficient (Wildman–Crippen LogP) is 2.84. The maximum atomic E-state index is 12.0. The first-order valence-corrected chi connectivity index (χ1v) is 10.2. The smallest absolute Gasteiger partial charge is 0.262 e. The molecule has 142 valence electrons. The van der Waals surface area contributed by atoms with Gasteiger partial charge in [-0.2, -0.15) is 10.2 Å². The van der Waals surface area contributed by atoms with E-state index in [1.165, 1.54) is 51.4 Å². The van der Waals surface area contributed by atoms with Gasteiger partial charge in [0.1, 0.15) is 0 Å². The van der Waals surface area contributed by atoms with E-state index in [1.54, 1.807) is 0 Å². The van der Waals surface area contributed by atoms with Crippen LogP contribution in [0.15, 0.2) is 10.2 Å². The minimum absolute atomic E-state index is 0.468. The van der Waals surface area contributed by atoms with Crippen LogP contribution in [0.5, 0.6) is 0 Å². The Hall–Kier alpha value is -1.72. The van der Waals surface area contributed by atoms with Crippen molar-refractivity contribution in [1.29, 1.82) is 0 Å². The molecule has 4 saturated carbocycles. The third kappa shape index (κ3) is 3.42. The quantitative estimate of drug-likeness (QED) is 0.460. The standard InChI is InChI=1S/C20H30N4O2/c1-11(17-9-13-3-5-15(17)7-13)21-23-19(25)20(26)24-22-12(2)18-10-14-4-6-16(18)8-14/h13-18H,3-10H2,1-2H3,(H,23,25)(H,24,26)/b21-11+,22-12+. The summed E-state index contributed by atoms with van der Waals surface area (Å²) in [6, 6.07) is 0. The van der Waals surface area contributed by atoms with Crippen LogP contribution in [-0.2, 0) is 9.59 Å². The van der Waals surface area contributed by atoms with Gasteiger partial charge in [-0.05, 0) is 76.0 Å².